The summed E-state index contributed by atoms with van der Waals surface area (Å²) in [6.45, 7) is 0. The van der Waals surface area contributed by atoms with E-state index in [1.807, 2.05) is 0 Å². The number of phenols is 1. The average Bonchev–Trinajstić information content (AvgIpc) is 2.77. The predicted molar refractivity (Wildman–Crippen MR) is 77.2 cm³/mol. The number of fused-ring (bicyclic) bond motifs is 1. The Morgan fingerprint density at radius 2 is 1.83 bits per heavy atom. The van der Waals surface area contributed by atoms with Crippen LogP contribution < -0.4 is 4.74 Å². The highest BCUT2D eigenvalue weighted by Gasteiger charge is 2.32. The Kier molecular flexibility index (Phi) is 3.60. The highest BCUT2D eigenvalue weighted by Crippen LogP contribution is 2.35. The van der Waals surface area contributed by atoms with Crippen molar-refractivity contribution in [3.05, 3.63) is 64.7 Å². The minimum Gasteiger partial charge on any atom is -0.507 e. The molecule has 1 N–H and O–H groups in total. The molecule has 0 bridgehead atoms. The Labute approximate surface area is 129 Å². The van der Waals surface area contributed by atoms with Gasteiger partial charge in [0.05, 0.1) is 5.56 Å². The molecule has 0 aromatic heterocycles. The number of rotatable bonds is 2. The minimum absolute atomic E-state index is 0.129. The molecule has 3 nitrogen and oxygen atoms in total. The Morgan fingerprint density at radius 3 is 2.52 bits per heavy atom. The van der Waals surface area contributed by atoms with Crippen LogP contribution >= 0.6 is 0 Å². The number of ether oxygens (including phenoxy) is 1. The SMILES string of the molecule is O=C1/C(=C/c2ccccc2OC(F)(F)F)Cc2cccc(O)c21. The highest BCUT2D eigenvalue weighted by molar-refractivity contribution is 6.17. The maximum Gasteiger partial charge on any atom is 0.573 e. The molecule has 1 aliphatic carbocycles. The van der Waals surface area contributed by atoms with E-state index in [1.165, 1.54) is 30.3 Å². The maximum atomic E-state index is 12.4. The van der Waals surface area contributed by atoms with E-state index < -0.39 is 6.36 Å². The number of carbonyl (C=O) groups is 1. The van der Waals surface area contributed by atoms with E-state index in [9.17, 15) is 23.1 Å². The number of Topliss-reactive ketones (excluding diaryl/α,β-unsaturated/α-hetero) is 1. The topological polar surface area (TPSA) is 46.5 Å². The summed E-state index contributed by atoms with van der Waals surface area (Å²) < 4.78 is 41.3. The van der Waals surface area contributed by atoms with Gasteiger partial charge in [0, 0.05) is 17.6 Å². The molecule has 1 aliphatic rings. The molecule has 0 heterocycles. The first-order chi connectivity index (χ1) is 10.8. The Balaban J connectivity index is 1.99. The van der Waals surface area contributed by atoms with Crippen LogP contribution in [0.1, 0.15) is 21.5 Å². The zero-order valence-corrected chi connectivity index (χ0v) is 11.7. The molecule has 0 aliphatic heterocycles. The predicted octanol–water partition coefficient (Wildman–Crippen LogP) is 4.11. The summed E-state index contributed by atoms with van der Waals surface area (Å²) in [7, 11) is 0. The van der Waals surface area contributed by atoms with Gasteiger partial charge >= 0.3 is 6.36 Å². The lowest BCUT2D eigenvalue weighted by molar-refractivity contribution is -0.274. The molecule has 0 fully saturated rings. The molecule has 2 aromatic rings. The summed E-state index contributed by atoms with van der Waals surface area (Å²) in [5.41, 5.74) is 1.31. The van der Waals surface area contributed by atoms with Crippen molar-refractivity contribution in [3.8, 4) is 11.5 Å². The molecule has 0 saturated carbocycles. The number of phenolic OH excluding ortho intramolecular Hbond substituents is 1. The largest absolute Gasteiger partial charge is 0.573 e. The van der Waals surface area contributed by atoms with E-state index in [-0.39, 0.29) is 34.8 Å². The number of halogens is 3. The first-order valence-electron chi connectivity index (χ1n) is 6.76. The van der Waals surface area contributed by atoms with Crippen LogP contribution in [-0.4, -0.2) is 17.3 Å². The second-order valence-electron chi connectivity index (χ2n) is 5.07. The van der Waals surface area contributed by atoms with Crippen LogP contribution in [0.4, 0.5) is 13.2 Å². The van der Waals surface area contributed by atoms with Crippen molar-refractivity contribution < 1.29 is 27.8 Å². The van der Waals surface area contributed by atoms with E-state index in [0.717, 1.165) is 0 Å². The Hall–Kier alpha value is -2.76. The fourth-order valence-electron chi connectivity index (χ4n) is 2.56. The summed E-state index contributed by atoms with van der Waals surface area (Å²) in [6, 6.07) is 10.3. The summed E-state index contributed by atoms with van der Waals surface area (Å²) >= 11 is 0. The first kappa shape index (κ1) is 15.1. The summed E-state index contributed by atoms with van der Waals surface area (Å²) in [6.07, 6.45) is -3.19. The molecule has 23 heavy (non-hydrogen) atoms. The van der Waals surface area contributed by atoms with Gasteiger partial charge < -0.3 is 9.84 Å². The Morgan fingerprint density at radius 1 is 1.09 bits per heavy atom. The van der Waals surface area contributed by atoms with Gasteiger partial charge in [0.2, 0.25) is 0 Å². The van der Waals surface area contributed by atoms with Crippen LogP contribution in [0.2, 0.25) is 0 Å². The van der Waals surface area contributed by atoms with Gasteiger partial charge in [-0.15, -0.1) is 13.2 Å². The lowest BCUT2D eigenvalue weighted by Gasteiger charge is -2.11. The van der Waals surface area contributed by atoms with Crippen LogP contribution in [-0.2, 0) is 6.42 Å². The van der Waals surface area contributed by atoms with Crippen molar-refractivity contribution in [1.29, 1.82) is 0 Å². The van der Waals surface area contributed by atoms with Crippen LogP contribution in [0.3, 0.4) is 0 Å². The van der Waals surface area contributed by atoms with Crippen molar-refractivity contribution in [1.82, 2.24) is 0 Å². The molecule has 2 aromatic carbocycles. The zero-order chi connectivity index (χ0) is 16.6. The highest BCUT2D eigenvalue weighted by atomic mass is 19.4. The van der Waals surface area contributed by atoms with Crippen molar-refractivity contribution in [3.63, 3.8) is 0 Å². The van der Waals surface area contributed by atoms with Gasteiger partial charge in [0.25, 0.3) is 0 Å². The molecule has 0 unspecified atom stereocenters. The number of carbonyl (C=O) groups excluding carboxylic acids is 1. The third-order valence-corrected chi connectivity index (χ3v) is 3.50. The molecule has 3 rings (SSSR count). The van der Waals surface area contributed by atoms with E-state index in [4.69, 9.17) is 0 Å². The standard InChI is InChI=1S/C17H11F3O3/c18-17(19,20)23-14-7-2-1-4-10(14)8-12-9-11-5-3-6-13(21)15(11)16(12)22/h1-8,21H,9H2/b12-8+. The smallest absolute Gasteiger partial charge is 0.507 e. The van der Waals surface area contributed by atoms with E-state index in [0.29, 0.717) is 11.1 Å². The molecule has 6 heteroatoms. The van der Waals surface area contributed by atoms with E-state index >= 15 is 0 Å². The van der Waals surface area contributed by atoms with Crippen molar-refractivity contribution in [2.75, 3.05) is 0 Å². The summed E-state index contributed by atoms with van der Waals surface area (Å²) in [5, 5.41) is 9.77. The normalized spacial score (nSPS) is 15.8. The van der Waals surface area contributed by atoms with E-state index in [2.05, 4.69) is 4.74 Å². The fourth-order valence-corrected chi connectivity index (χ4v) is 2.56. The monoisotopic (exact) mass is 320 g/mol. The second-order valence-corrected chi connectivity index (χ2v) is 5.07. The zero-order valence-electron chi connectivity index (χ0n) is 11.7. The van der Waals surface area contributed by atoms with Gasteiger partial charge in [-0.3, -0.25) is 4.79 Å². The first-order valence-corrected chi connectivity index (χ1v) is 6.76. The number of hydrogen-bond acceptors (Lipinski definition) is 3. The number of ketones is 1. The van der Waals surface area contributed by atoms with Gasteiger partial charge in [-0.25, -0.2) is 0 Å². The van der Waals surface area contributed by atoms with Crippen molar-refractivity contribution in [2.24, 2.45) is 0 Å². The van der Waals surface area contributed by atoms with Gasteiger partial charge in [0.15, 0.2) is 5.78 Å². The van der Waals surface area contributed by atoms with Crippen LogP contribution in [0.25, 0.3) is 6.08 Å². The Bertz CT molecular complexity index is 807. The number of benzene rings is 2. The summed E-state index contributed by atoms with van der Waals surface area (Å²) in [5.74, 6) is -0.892. The number of allylic oxidation sites excluding steroid dienone is 1. The lowest BCUT2D eigenvalue weighted by atomic mass is 10.1. The molecular formula is C17H11F3O3. The van der Waals surface area contributed by atoms with Crippen LogP contribution in [0, 0.1) is 0 Å². The molecule has 0 amide bonds. The average molecular weight is 320 g/mol. The molecule has 0 spiro atoms. The quantitative estimate of drug-likeness (QED) is 0.847. The van der Waals surface area contributed by atoms with Crippen molar-refractivity contribution in [2.45, 2.75) is 12.8 Å². The molecule has 118 valence electrons. The maximum absolute atomic E-state index is 12.4. The lowest BCUT2D eigenvalue weighted by Crippen LogP contribution is -2.17. The van der Waals surface area contributed by atoms with E-state index in [1.54, 1.807) is 18.2 Å². The fraction of sp³-hybridized carbons (Fsp3) is 0.118. The number of aromatic hydroxyl groups is 1. The van der Waals surface area contributed by atoms with Gasteiger partial charge in [-0.1, -0.05) is 30.3 Å². The van der Waals surface area contributed by atoms with Crippen LogP contribution in [0.15, 0.2) is 48.0 Å². The van der Waals surface area contributed by atoms with Crippen LogP contribution in [0.5, 0.6) is 11.5 Å². The third-order valence-electron chi connectivity index (χ3n) is 3.50. The number of alkyl halides is 3. The second kappa shape index (κ2) is 5.46. The number of hydrogen-bond donors (Lipinski definition) is 1. The third kappa shape index (κ3) is 3.06. The van der Waals surface area contributed by atoms with Gasteiger partial charge in [-0.2, -0.15) is 0 Å². The van der Waals surface area contributed by atoms with Gasteiger partial charge in [0.1, 0.15) is 11.5 Å². The summed E-state index contributed by atoms with van der Waals surface area (Å²) in [4.78, 5) is 12.3. The molecule has 0 atom stereocenters. The van der Waals surface area contributed by atoms with Crippen molar-refractivity contribution >= 4 is 11.9 Å². The molecular weight excluding hydrogens is 309 g/mol. The number of para-hydroxylation sites is 1. The van der Waals surface area contributed by atoms with Gasteiger partial charge in [-0.05, 0) is 23.8 Å². The molecule has 0 radical (unpaired) electrons. The minimum atomic E-state index is -4.81. The molecule has 0 saturated heterocycles.